The highest BCUT2D eigenvalue weighted by atomic mass is 16.7. The lowest BCUT2D eigenvalue weighted by atomic mass is 9.77. The van der Waals surface area contributed by atoms with Gasteiger partial charge in [0.05, 0.1) is 11.8 Å². The van der Waals surface area contributed by atoms with Crippen molar-refractivity contribution in [2.45, 2.75) is 83.6 Å². The average molecular weight is 410 g/mol. The highest BCUT2D eigenvalue weighted by Crippen LogP contribution is 2.50. The summed E-state index contributed by atoms with van der Waals surface area (Å²) in [5.74, 6) is -4.36. The summed E-state index contributed by atoms with van der Waals surface area (Å²) in [5.41, 5.74) is -0.876. The van der Waals surface area contributed by atoms with Crippen molar-refractivity contribution in [3.8, 4) is 0 Å². The Labute approximate surface area is 170 Å². The highest BCUT2D eigenvalue weighted by molar-refractivity contribution is 5.91. The Morgan fingerprint density at radius 3 is 2.52 bits per heavy atom. The molecule has 29 heavy (non-hydrogen) atoms. The predicted octanol–water partition coefficient (Wildman–Crippen LogP) is 1.88. The van der Waals surface area contributed by atoms with E-state index in [2.05, 4.69) is 6.58 Å². The van der Waals surface area contributed by atoms with E-state index in [0.717, 1.165) is 0 Å². The first-order valence-corrected chi connectivity index (χ1v) is 10.1. The molecule has 162 valence electrons. The number of carbonyl (C=O) groups excluding carboxylic acids is 3. The normalized spacial score (nSPS) is 41.8. The fraction of sp³-hybridized carbons (Fsp3) is 0.762. The largest absolute Gasteiger partial charge is 0.461 e. The summed E-state index contributed by atoms with van der Waals surface area (Å²) >= 11 is 0. The van der Waals surface area contributed by atoms with Gasteiger partial charge in [-0.2, -0.15) is 0 Å². The Hall–Kier alpha value is -1.93. The van der Waals surface area contributed by atoms with Crippen molar-refractivity contribution >= 4 is 17.9 Å². The maximum absolute atomic E-state index is 12.4. The van der Waals surface area contributed by atoms with Gasteiger partial charge in [-0.25, -0.2) is 4.79 Å². The van der Waals surface area contributed by atoms with Gasteiger partial charge in [0.15, 0.2) is 5.79 Å². The van der Waals surface area contributed by atoms with Crippen LogP contribution in [0, 0.1) is 17.8 Å². The first-order valence-electron chi connectivity index (χ1n) is 10.1. The van der Waals surface area contributed by atoms with Crippen LogP contribution in [0.25, 0.3) is 0 Å². The summed E-state index contributed by atoms with van der Waals surface area (Å²) in [7, 11) is 0. The molecule has 0 spiro atoms. The van der Waals surface area contributed by atoms with Crippen LogP contribution < -0.4 is 0 Å². The Morgan fingerprint density at radius 1 is 1.28 bits per heavy atom. The zero-order valence-corrected chi connectivity index (χ0v) is 17.6. The number of hydrogen-bond acceptors (Lipinski definition) is 8. The number of hydrogen-bond donors (Lipinski definition) is 1. The zero-order chi connectivity index (χ0) is 21.7. The minimum atomic E-state index is -1.56. The van der Waals surface area contributed by atoms with Crippen LogP contribution in [0.5, 0.6) is 0 Å². The second-order valence-electron chi connectivity index (χ2n) is 9.03. The van der Waals surface area contributed by atoms with E-state index in [1.165, 1.54) is 6.92 Å². The van der Waals surface area contributed by atoms with Gasteiger partial charge >= 0.3 is 17.9 Å². The second kappa shape index (κ2) is 7.40. The van der Waals surface area contributed by atoms with Gasteiger partial charge < -0.3 is 24.1 Å². The fourth-order valence-electron chi connectivity index (χ4n) is 4.60. The van der Waals surface area contributed by atoms with E-state index in [9.17, 15) is 19.5 Å². The van der Waals surface area contributed by atoms with Gasteiger partial charge in [-0.05, 0) is 13.3 Å². The molecule has 0 amide bonds. The minimum Gasteiger partial charge on any atom is -0.461 e. The average Bonchev–Trinajstić information content (AvgIpc) is 3.00. The van der Waals surface area contributed by atoms with Gasteiger partial charge in [-0.3, -0.25) is 9.59 Å². The Balaban J connectivity index is 2.03. The maximum Gasteiger partial charge on any atom is 0.334 e. The summed E-state index contributed by atoms with van der Waals surface area (Å²) in [6.07, 6.45) is -1.58. The highest BCUT2D eigenvalue weighted by Gasteiger charge is 2.61. The third-order valence-corrected chi connectivity index (χ3v) is 6.30. The lowest BCUT2D eigenvalue weighted by Gasteiger charge is -2.35. The van der Waals surface area contributed by atoms with Crippen LogP contribution in [0.4, 0.5) is 0 Å². The first kappa shape index (κ1) is 21.8. The minimum absolute atomic E-state index is 0.0847. The summed E-state index contributed by atoms with van der Waals surface area (Å²) in [6, 6.07) is 0. The summed E-state index contributed by atoms with van der Waals surface area (Å²) < 4.78 is 22.9. The predicted molar refractivity (Wildman–Crippen MR) is 100 cm³/mol. The number of esters is 3. The Kier molecular flexibility index (Phi) is 5.55. The molecule has 1 N–H and O–H groups in total. The van der Waals surface area contributed by atoms with E-state index in [-0.39, 0.29) is 24.3 Å². The van der Waals surface area contributed by atoms with Gasteiger partial charge in [0, 0.05) is 31.3 Å². The molecule has 8 heteroatoms. The number of rotatable bonds is 3. The first-order chi connectivity index (χ1) is 13.4. The van der Waals surface area contributed by atoms with Crippen LogP contribution in [-0.4, -0.2) is 52.7 Å². The molecule has 2 bridgehead atoms. The third-order valence-electron chi connectivity index (χ3n) is 6.30. The van der Waals surface area contributed by atoms with Crippen LogP contribution in [0.1, 0.15) is 53.9 Å². The molecule has 0 saturated carbocycles. The topological polar surface area (TPSA) is 108 Å². The number of ether oxygens (including phenoxy) is 4. The van der Waals surface area contributed by atoms with Crippen molar-refractivity contribution in [1.29, 1.82) is 0 Å². The molecule has 3 saturated heterocycles. The molecule has 0 aromatic heterocycles. The molecule has 7 atom stereocenters. The van der Waals surface area contributed by atoms with Gasteiger partial charge in [0.1, 0.15) is 23.9 Å². The number of carbonyl (C=O) groups is 3. The quantitative estimate of drug-likeness (QED) is 0.427. The smallest absolute Gasteiger partial charge is 0.334 e. The summed E-state index contributed by atoms with van der Waals surface area (Å²) in [5, 5.41) is 11.2. The van der Waals surface area contributed by atoms with Crippen LogP contribution in [-0.2, 0) is 33.3 Å². The summed E-state index contributed by atoms with van der Waals surface area (Å²) in [6.45, 7) is 12.1. The van der Waals surface area contributed by atoms with Crippen LogP contribution in [0.15, 0.2) is 12.2 Å². The van der Waals surface area contributed by atoms with E-state index in [1.54, 1.807) is 27.7 Å². The van der Waals surface area contributed by atoms with Crippen molar-refractivity contribution in [3.05, 3.63) is 12.2 Å². The number of fused-ring (bicyclic) bond motifs is 3. The van der Waals surface area contributed by atoms with Gasteiger partial charge in [-0.15, -0.1) is 0 Å². The molecule has 0 radical (unpaired) electrons. The lowest BCUT2D eigenvalue weighted by Crippen LogP contribution is -2.46. The molecule has 3 aliphatic rings. The van der Waals surface area contributed by atoms with Gasteiger partial charge in [-0.1, -0.05) is 27.4 Å². The molecular weight excluding hydrogens is 380 g/mol. The molecule has 3 heterocycles. The van der Waals surface area contributed by atoms with Crippen molar-refractivity contribution in [3.63, 3.8) is 0 Å². The van der Waals surface area contributed by atoms with E-state index < -0.39 is 59.4 Å². The SMILES string of the molecule is C=C1C(=O)O[C@@H]2C[C@H](C)[C@]3(O)C[C@@H](OC(C)=O)[C@](C)(C[C@@H](OC(=O)C(C)C)[C@@H]12)O3. The number of aliphatic hydroxyl groups is 1. The van der Waals surface area contributed by atoms with Crippen LogP contribution in [0.2, 0.25) is 0 Å². The van der Waals surface area contributed by atoms with E-state index >= 15 is 0 Å². The monoisotopic (exact) mass is 410 g/mol. The van der Waals surface area contributed by atoms with Crippen molar-refractivity contribution in [1.82, 2.24) is 0 Å². The van der Waals surface area contributed by atoms with Gasteiger partial charge in [0.25, 0.3) is 0 Å². The molecule has 3 aliphatic heterocycles. The third kappa shape index (κ3) is 3.92. The van der Waals surface area contributed by atoms with Crippen molar-refractivity contribution < 1.29 is 38.4 Å². The lowest BCUT2D eigenvalue weighted by molar-refractivity contribution is -0.253. The second-order valence-corrected chi connectivity index (χ2v) is 9.03. The fourth-order valence-corrected chi connectivity index (χ4v) is 4.60. The molecule has 0 aliphatic carbocycles. The van der Waals surface area contributed by atoms with Crippen molar-refractivity contribution in [2.24, 2.45) is 17.8 Å². The summed E-state index contributed by atoms with van der Waals surface area (Å²) in [4.78, 5) is 36.3. The van der Waals surface area contributed by atoms with E-state index in [4.69, 9.17) is 18.9 Å². The van der Waals surface area contributed by atoms with Crippen LogP contribution in [0.3, 0.4) is 0 Å². The molecule has 3 rings (SSSR count). The van der Waals surface area contributed by atoms with Crippen molar-refractivity contribution in [2.75, 3.05) is 0 Å². The van der Waals surface area contributed by atoms with E-state index in [0.29, 0.717) is 6.42 Å². The van der Waals surface area contributed by atoms with Gasteiger partial charge in [0.2, 0.25) is 0 Å². The zero-order valence-electron chi connectivity index (χ0n) is 17.6. The molecule has 8 nitrogen and oxygen atoms in total. The molecule has 0 unspecified atom stereocenters. The molecular formula is C21H30O8. The van der Waals surface area contributed by atoms with Crippen LogP contribution >= 0.6 is 0 Å². The van der Waals surface area contributed by atoms with E-state index in [1.807, 2.05) is 0 Å². The molecule has 3 fully saturated rings. The Morgan fingerprint density at radius 2 is 1.93 bits per heavy atom. The standard InChI is InChI=1S/C21H30O8/c1-10(2)18(23)28-15-8-20(6)16(26-13(5)22)9-21(25,29-20)11(3)7-14-17(15)12(4)19(24)27-14/h10-11,14-17,25H,4,7-9H2,1-3,5-6H3/t11-,14+,15+,16+,17-,20-,21-/m0/s1. The Bertz CT molecular complexity index is 730. The molecule has 0 aromatic rings. The maximum atomic E-state index is 12.4. The molecule has 0 aromatic carbocycles.